The molecule has 0 fully saturated rings. The number of ether oxygens (including phenoxy) is 1. The third-order valence-electron chi connectivity index (χ3n) is 5.10. The van der Waals surface area contributed by atoms with Gasteiger partial charge in [-0.2, -0.15) is 0 Å². The lowest BCUT2D eigenvalue weighted by Crippen LogP contribution is -2.83. The maximum atomic E-state index is 6.15. The van der Waals surface area contributed by atoms with E-state index in [1.807, 2.05) is 24.3 Å². The van der Waals surface area contributed by atoms with Crippen LogP contribution in [0.25, 0.3) is 0 Å². The molecule has 4 rings (SSSR count). The largest absolute Gasteiger partial charge is 0.488 e. The summed E-state index contributed by atoms with van der Waals surface area (Å²) in [4.78, 5) is 0. The predicted molar refractivity (Wildman–Crippen MR) is 118 cm³/mol. The van der Waals surface area contributed by atoms with Crippen LogP contribution in [-0.4, -0.2) is 0 Å². The summed E-state index contributed by atoms with van der Waals surface area (Å²) >= 11 is 0. The van der Waals surface area contributed by atoms with Crippen LogP contribution in [0.2, 0.25) is 0 Å². The topological polar surface area (TPSA) is 25.8 Å². The average molecular weight is 381 g/mol. The summed E-state index contributed by atoms with van der Waals surface area (Å²) in [6, 6.07) is 40.3. The molecule has 0 bridgehead atoms. The van der Waals surface area contributed by atoms with Gasteiger partial charge in [-0.15, -0.1) is 0 Å². The van der Waals surface area contributed by atoms with Crippen molar-refractivity contribution < 1.29 is 10.1 Å². The normalized spacial score (nSPS) is 10.8. The van der Waals surface area contributed by atoms with Crippen molar-refractivity contribution >= 4 is 0 Å². The fraction of sp³-hybridized carbons (Fsp3) is 0.111. The van der Waals surface area contributed by atoms with Gasteiger partial charge in [0.15, 0.2) is 0 Å². The molecule has 0 aliphatic heterocycles. The maximum Gasteiger partial charge on any atom is 0.138 e. The molecule has 0 aliphatic carbocycles. The summed E-state index contributed by atoms with van der Waals surface area (Å²) in [7, 11) is 0. The summed E-state index contributed by atoms with van der Waals surface area (Å²) < 4.78 is 6.15. The Hall–Kier alpha value is -3.36. The van der Waals surface area contributed by atoms with E-state index >= 15 is 0 Å². The molecule has 0 aliphatic rings. The summed E-state index contributed by atoms with van der Waals surface area (Å²) in [5.41, 5.74) is 5.00. The van der Waals surface area contributed by atoms with Gasteiger partial charge in [0.1, 0.15) is 24.9 Å². The number of rotatable bonds is 8. The van der Waals surface area contributed by atoms with E-state index in [4.69, 9.17) is 4.74 Å². The molecule has 4 aromatic rings. The average Bonchev–Trinajstić information content (AvgIpc) is 2.81. The van der Waals surface area contributed by atoms with Gasteiger partial charge in [0.05, 0.1) is 0 Å². The lowest BCUT2D eigenvalue weighted by atomic mass is 9.98. The highest BCUT2D eigenvalue weighted by Crippen LogP contribution is 2.21. The second kappa shape index (κ2) is 9.72. The summed E-state index contributed by atoms with van der Waals surface area (Å²) in [6.07, 6.45) is 0. The molecule has 0 heterocycles. The van der Waals surface area contributed by atoms with Crippen LogP contribution in [-0.2, 0) is 13.2 Å². The van der Waals surface area contributed by atoms with Gasteiger partial charge >= 0.3 is 0 Å². The molecule has 0 unspecified atom stereocenters. The van der Waals surface area contributed by atoms with Crippen LogP contribution in [0.3, 0.4) is 0 Å². The van der Waals surface area contributed by atoms with Crippen LogP contribution in [0.15, 0.2) is 115 Å². The number of hydrogen-bond donors (Lipinski definition) is 1. The van der Waals surface area contributed by atoms with E-state index in [0.717, 1.165) is 12.3 Å². The second-order valence-electron chi connectivity index (χ2n) is 7.12. The molecule has 0 aromatic heterocycles. The Morgan fingerprint density at radius 2 is 1.10 bits per heavy atom. The Bertz CT molecular complexity index is 961. The van der Waals surface area contributed by atoms with Crippen molar-refractivity contribution in [3.05, 3.63) is 138 Å². The van der Waals surface area contributed by atoms with Gasteiger partial charge in [-0.05, 0) is 17.7 Å². The second-order valence-corrected chi connectivity index (χ2v) is 7.12. The molecular weight excluding hydrogens is 354 g/mol. The van der Waals surface area contributed by atoms with E-state index in [9.17, 15) is 0 Å². The molecule has 4 aromatic carbocycles. The van der Waals surface area contributed by atoms with Crippen molar-refractivity contribution in [2.24, 2.45) is 0 Å². The first-order chi connectivity index (χ1) is 14.4. The van der Waals surface area contributed by atoms with Crippen LogP contribution in [0.4, 0.5) is 0 Å². The number of hydrogen-bond acceptors (Lipinski definition) is 1. The van der Waals surface area contributed by atoms with Gasteiger partial charge in [0.2, 0.25) is 0 Å². The van der Waals surface area contributed by atoms with E-state index in [1.54, 1.807) is 0 Å². The number of para-hydroxylation sites is 1. The highest BCUT2D eigenvalue weighted by atomic mass is 16.5. The summed E-state index contributed by atoms with van der Waals surface area (Å²) in [5, 5.41) is 2.38. The van der Waals surface area contributed by atoms with E-state index < -0.39 is 0 Å². The Kier molecular flexibility index (Phi) is 6.36. The molecule has 0 atom stereocenters. The zero-order valence-electron chi connectivity index (χ0n) is 16.4. The molecule has 144 valence electrons. The van der Waals surface area contributed by atoms with Crippen molar-refractivity contribution in [3.63, 3.8) is 0 Å². The van der Waals surface area contributed by atoms with Crippen molar-refractivity contribution in [2.45, 2.75) is 19.2 Å². The SMILES string of the molecule is c1ccc(COc2ccccc2C[NH2+]C(c2ccccc2)c2ccccc2)cc1. The summed E-state index contributed by atoms with van der Waals surface area (Å²) in [6.45, 7) is 1.43. The minimum atomic E-state index is 0.250. The van der Waals surface area contributed by atoms with Gasteiger partial charge in [-0.1, -0.05) is 103 Å². The highest BCUT2D eigenvalue weighted by Gasteiger charge is 2.18. The first kappa shape index (κ1) is 19.0. The molecule has 2 nitrogen and oxygen atoms in total. The first-order valence-electron chi connectivity index (χ1n) is 10.1. The van der Waals surface area contributed by atoms with Crippen LogP contribution >= 0.6 is 0 Å². The van der Waals surface area contributed by atoms with Crippen molar-refractivity contribution in [1.82, 2.24) is 0 Å². The van der Waals surface area contributed by atoms with Gasteiger partial charge in [-0.3, -0.25) is 0 Å². The Morgan fingerprint density at radius 3 is 1.72 bits per heavy atom. The van der Waals surface area contributed by atoms with E-state index in [1.165, 1.54) is 22.3 Å². The molecule has 2 N–H and O–H groups in total. The Labute approximate surface area is 172 Å². The zero-order chi connectivity index (χ0) is 19.7. The maximum absolute atomic E-state index is 6.15. The lowest BCUT2D eigenvalue weighted by Gasteiger charge is -2.18. The molecular formula is C27H26NO+. The third kappa shape index (κ3) is 5.13. The molecule has 0 saturated carbocycles. The van der Waals surface area contributed by atoms with Crippen molar-refractivity contribution in [2.75, 3.05) is 0 Å². The van der Waals surface area contributed by atoms with Gasteiger partial charge < -0.3 is 10.1 Å². The monoisotopic (exact) mass is 380 g/mol. The number of quaternary nitrogens is 1. The molecule has 0 saturated heterocycles. The van der Waals surface area contributed by atoms with Gasteiger partial charge in [0.25, 0.3) is 0 Å². The molecule has 0 amide bonds. The molecule has 0 spiro atoms. The van der Waals surface area contributed by atoms with Crippen LogP contribution in [0, 0.1) is 0 Å². The quantitative estimate of drug-likeness (QED) is 0.451. The fourth-order valence-electron chi connectivity index (χ4n) is 3.58. The van der Waals surface area contributed by atoms with Gasteiger partial charge in [0, 0.05) is 16.7 Å². The standard InChI is InChI=1S/C27H25NO/c1-4-12-22(13-5-1)21-29-26-19-11-10-18-25(26)20-28-27(23-14-6-2-7-15-23)24-16-8-3-9-17-24/h1-19,27-28H,20-21H2/p+1. The van der Waals surface area contributed by atoms with Crippen LogP contribution in [0.1, 0.15) is 28.3 Å². The lowest BCUT2D eigenvalue weighted by molar-refractivity contribution is -0.702. The fourth-order valence-corrected chi connectivity index (χ4v) is 3.58. The van der Waals surface area contributed by atoms with Gasteiger partial charge in [-0.25, -0.2) is 0 Å². The third-order valence-corrected chi connectivity index (χ3v) is 5.10. The van der Waals surface area contributed by atoms with Crippen LogP contribution < -0.4 is 10.1 Å². The van der Waals surface area contributed by atoms with E-state index in [2.05, 4.69) is 96.3 Å². The summed E-state index contributed by atoms with van der Waals surface area (Å²) in [5.74, 6) is 0.951. The number of benzene rings is 4. The van der Waals surface area contributed by atoms with E-state index in [-0.39, 0.29) is 6.04 Å². The number of nitrogens with two attached hydrogens (primary N) is 1. The Balaban J connectivity index is 1.51. The minimum Gasteiger partial charge on any atom is -0.488 e. The van der Waals surface area contributed by atoms with Crippen molar-refractivity contribution in [3.8, 4) is 5.75 Å². The molecule has 2 heteroatoms. The molecule has 29 heavy (non-hydrogen) atoms. The van der Waals surface area contributed by atoms with Crippen molar-refractivity contribution in [1.29, 1.82) is 0 Å². The predicted octanol–water partition coefficient (Wildman–Crippen LogP) is 5.12. The van der Waals surface area contributed by atoms with E-state index in [0.29, 0.717) is 6.61 Å². The highest BCUT2D eigenvalue weighted by molar-refractivity contribution is 5.33. The Morgan fingerprint density at radius 1 is 0.586 bits per heavy atom. The molecule has 0 radical (unpaired) electrons. The minimum absolute atomic E-state index is 0.250. The zero-order valence-corrected chi connectivity index (χ0v) is 16.4. The van der Waals surface area contributed by atoms with Crippen LogP contribution in [0.5, 0.6) is 5.75 Å². The smallest absolute Gasteiger partial charge is 0.138 e. The first-order valence-corrected chi connectivity index (χ1v) is 10.1.